The Bertz CT molecular complexity index is 722. The Morgan fingerprint density at radius 1 is 0.704 bits per heavy atom. The van der Waals surface area contributed by atoms with Crippen LogP contribution in [0.1, 0.15) is 86.8 Å². The second-order valence-electron chi connectivity index (χ2n) is 8.42. The van der Waals surface area contributed by atoms with Gasteiger partial charge >= 0.3 is 0 Å². The molecule has 2 heteroatoms. The molecule has 0 aliphatic carbocycles. The van der Waals surface area contributed by atoms with Crippen molar-refractivity contribution in [3.05, 3.63) is 57.6 Å². The molecule has 27 heavy (non-hydrogen) atoms. The van der Waals surface area contributed by atoms with Gasteiger partial charge in [0.05, 0.1) is 0 Å². The van der Waals surface area contributed by atoms with Gasteiger partial charge in [-0.15, -0.1) is 0 Å². The monoisotopic (exact) mass is 368 g/mol. The summed E-state index contributed by atoms with van der Waals surface area (Å²) < 4.78 is 0. The molecule has 0 bridgehead atoms. The third-order valence-electron chi connectivity index (χ3n) is 5.80. The molecule has 0 aromatic heterocycles. The van der Waals surface area contributed by atoms with Crippen molar-refractivity contribution in [2.75, 3.05) is 0 Å². The minimum atomic E-state index is -0.197. The zero-order valence-electron chi connectivity index (χ0n) is 17.9. The smallest absolute Gasteiger partial charge is 0.119 e. The molecule has 0 aliphatic heterocycles. The zero-order valence-corrected chi connectivity index (χ0v) is 17.9. The van der Waals surface area contributed by atoms with Gasteiger partial charge in [0.2, 0.25) is 0 Å². The summed E-state index contributed by atoms with van der Waals surface area (Å²) in [4.78, 5) is 0. The fraction of sp³-hybridized carbons (Fsp3) is 0.520. The van der Waals surface area contributed by atoms with Crippen LogP contribution in [0, 0.1) is 13.8 Å². The predicted molar refractivity (Wildman–Crippen MR) is 115 cm³/mol. The largest absolute Gasteiger partial charge is 0.508 e. The minimum absolute atomic E-state index is 0.197. The first-order chi connectivity index (χ1) is 12.7. The van der Waals surface area contributed by atoms with E-state index in [2.05, 4.69) is 53.7 Å². The summed E-state index contributed by atoms with van der Waals surface area (Å²) in [5.41, 5.74) is 6.60. The fourth-order valence-electron chi connectivity index (χ4n) is 4.10. The Balaban J connectivity index is 2.54. The molecule has 0 saturated heterocycles. The van der Waals surface area contributed by atoms with Crippen LogP contribution >= 0.6 is 0 Å². The van der Waals surface area contributed by atoms with Crippen LogP contribution in [-0.2, 0) is 18.3 Å². The standard InChI is InChI=1S/C25H36O2/c1-7-9-11-19-15-21(17(3)13-23(19)26)25(5,6)22-16-20(12-10-8-2)24(27)14-18(22)4/h13-16,26-27H,7-12H2,1-6H3. The lowest BCUT2D eigenvalue weighted by atomic mass is 9.73. The third kappa shape index (κ3) is 4.66. The van der Waals surface area contributed by atoms with Crippen molar-refractivity contribution in [1.29, 1.82) is 0 Å². The van der Waals surface area contributed by atoms with Crippen LogP contribution in [0.4, 0.5) is 0 Å². The van der Waals surface area contributed by atoms with Crippen molar-refractivity contribution < 1.29 is 10.2 Å². The summed E-state index contributed by atoms with van der Waals surface area (Å²) in [5, 5.41) is 20.8. The highest BCUT2D eigenvalue weighted by Gasteiger charge is 2.28. The summed E-state index contributed by atoms with van der Waals surface area (Å²) in [5.74, 6) is 0.818. The molecule has 0 heterocycles. The molecular formula is C25H36O2. The molecule has 0 fully saturated rings. The van der Waals surface area contributed by atoms with Crippen LogP contribution in [0.2, 0.25) is 0 Å². The number of rotatable bonds is 8. The topological polar surface area (TPSA) is 40.5 Å². The van der Waals surface area contributed by atoms with E-state index in [4.69, 9.17) is 0 Å². The molecule has 0 atom stereocenters. The maximum Gasteiger partial charge on any atom is 0.119 e. The molecule has 2 aromatic rings. The number of aryl methyl sites for hydroxylation is 4. The Hall–Kier alpha value is -1.96. The van der Waals surface area contributed by atoms with Gasteiger partial charge in [0, 0.05) is 5.41 Å². The van der Waals surface area contributed by atoms with Gasteiger partial charge < -0.3 is 10.2 Å². The molecule has 0 aliphatic rings. The number of phenols is 2. The highest BCUT2D eigenvalue weighted by Crippen LogP contribution is 2.40. The van der Waals surface area contributed by atoms with Gasteiger partial charge in [0.25, 0.3) is 0 Å². The summed E-state index contributed by atoms with van der Waals surface area (Å²) in [6, 6.07) is 8.21. The zero-order chi connectivity index (χ0) is 20.2. The number of aromatic hydroxyl groups is 2. The van der Waals surface area contributed by atoms with E-state index in [0.717, 1.165) is 60.8 Å². The molecule has 148 valence electrons. The van der Waals surface area contributed by atoms with Crippen molar-refractivity contribution in [1.82, 2.24) is 0 Å². The third-order valence-corrected chi connectivity index (χ3v) is 5.80. The van der Waals surface area contributed by atoms with Gasteiger partial charge in [-0.2, -0.15) is 0 Å². The number of unbranched alkanes of at least 4 members (excludes halogenated alkanes) is 2. The number of phenolic OH excluding ortho intramolecular Hbond substituents is 2. The molecule has 2 N–H and O–H groups in total. The summed E-state index contributed by atoms with van der Waals surface area (Å²) in [6.45, 7) is 13.0. The van der Waals surface area contributed by atoms with E-state index < -0.39 is 0 Å². The Morgan fingerprint density at radius 2 is 1.07 bits per heavy atom. The van der Waals surface area contributed by atoms with Crippen LogP contribution in [0.3, 0.4) is 0 Å². The van der Waals surface area contributed by atoms with E-state index >= 15 is 0 Å². The van der Waals surface area contributed by atoms with Crippen molar-refractivity contribution in [2.45, 2.75) is 85.5 Å². The molecule has 0 saturated carbocycles. The Morgan fingerprint density at radius 3 is 1.41 bits per heavy atom. The van der Waals surface area contributed by atoms with E-state index in [-0.39, 0.29) is 5.41 Å². The summed E-state index contributed by atoms with van der Waals surface area (Å²) in [6.07, 6.45) is 6.20. The van der Waals surface area contributed by atoms with Crippen molar-refractivity contribution in [3.63, 3.8) is 0 Å². The van der Waals surface area contributed by atoms with Crippen LogP contribution in [0.15, 0.2) is 24.3 Å². The average molecular weight is 369 g/mol. The molecule has 0 amide bonds. The number of hydrogen-bond acceptors (Lipinski definition) is 2. The van der Waals surface area contributed by atoms with Crippen LogP contribution in [-0.4, -0.2) is 10.2 Å². The highest BCUT2D eigenvalue weighted by atomic mass is 16.3. The van der Waals surface area contributed by atoms with Crippen LogP contribution < -0.4 is 0 Å². The van der Waals surface area contributed by atoms with E-state index in [1.54, 1.807) is 0 Å². The molecular weight excluding hydrogens is 332 g/mol. The second-order valence-corrected chi connectivity index (χ2v) is 8.42. The lowest BCUT2D eigenvalue weighted by Crippen LogP contribution is -2.22. The first-order valence-electron chi connectivity index (χ1n) is 10.4. The number of benzene rings is 2. The van der Waals surface area contributed by atoms with Crippen molar-refractivity contribution >= 4 is 0 Å². The SMILES string of the molecule is CCCCc1cc(C(C)(C)c2cc(CCCC)c(O)cc2C)c(C)cc1O. The normalized spacial score (nSPS) is 11.8. The maximum atomic E-state index is 10.4. The van der Waals surface area contributed by atoms with E-state index in [1.807, 2.05) is 12.1 Å². The quantitative estimate of drug-likeness (QED) is 0.542. The molecule has 0 radical (unpaired) electrons. The van der Waals surface area contributed by atoms with Crippen LogP contribution in [0.25, 0.3) is 0 Å². The maximum absolute atomic E-state index is 10.4. The lowest BCUT2D eigenvalue weighted by molar-refractivity contribution is 0.464. The van der Waals surface area contributed by atoms with Crippen molar-refractivity contribution in [2.24, 2.45) is 0 Å². The summed E-state index contributed by atoms with van der Waals surface area (Å²) >= 11 is 0. The summed E-state index contributed by atoms with van der Waals surface area (Å²) in [7, 11) is 0. The fourth-order valence-corrected chi connectivity index (χ4v) is 4.10. The highest BCUT2D eigenvalue weighted by molar-refractivity contribution is 5.53. The van der Waals surface area contributed by atoms with Crippen LogP contribution in [0.5, 0.6) is 11.5 Å². The molecule has 2 nitrogen and oxygen atoms in total. The first kappa shape index (κ1) is 21.3. The van der Waals surface area contributed by atoms with Gasteiger partial charge in [0.15, 0.2) is 0 Å². The first-order valence-corrected chi connectivity index (χ1v) is 10.4. The van der Waals surface area contributed by atoms with E-state index in [9.17, 15) is 10.2 Å². The van der Waals surface area contributed by atoms with Gasteiger partial charge in [0.1, 0.15) is 11.5 Å². The number of hydrogen-bond donors (Lipinski definition) is 2. The van der Waals surface area contributed by atoms with E-state index in [0.29, 0.717) is 11.5 Å². The lowest BCUT2D eigenvalue weighted by Gasteiger charge is -2.31. The minimum Gasteiger partial charge on any atom is -0.508 e. The van der Waals surface area contributed by atoms with Gasteiger partial charge in [-0.25, -0.2) is 0 Å². The molecule has 0 unspecified atom stereocenters. The second kappa shape index (κ2) is 8.82. The van der Waals surface area contributed by atoms with Gasteiger partial charge in [-0.05, 0) is 85.0 Å². The van der Waals surface area contributed by atoms with Gasteiger partial charge in [-0.1, -0.05) is 52.7 Å². The Kier molecular flexibility index (Phi) is 6.97. The molecule has 2 rings (SSSR count). The molecule has 0 spiro atoms. The van der Waals surface area contributed by atoms with Gasteiger partial charge in [-0.3, -0.25) is 0 Å². The Labute approximate surface area is 165 Å². The predicted octanol–water partition coefficient (Wildman–Crippen LogP) is 6.73. The van der Waals surface area contributed by atoms with Crippen molar-refractivity contribution in [3.8, 4) is 11.5 Å². The van der Waals surface area contributed by atoms with E-state index in [1.165, 1.54) is 11.1 Å². The average Bonchev–Trinajstić information content (AvgIpc) is 2.59. The molecule has 2 aromatic carbocycles.